The highest BCUT2D eigenvalue weighted by Crippen LogP contribution is 2.20. The largest absolute Gasteiger partial charge is 0.577 e. The van der Waals surface area contributed by atoms with E-state index in [0.717, 1.165) is 19.3 Å². The Labute approximate surface area is 129 Å². The highest BCUT2D eigenvalue weighted by atomic mass is 28.3. The number of hydrogen-bond acceptors (Lipinski definition) is 3. The van der Waals surface area contributed by atoms with E-state index in [1.54, 1.807) is 0 Å². The summed E-state index contributed by atoms with van der Waals surface area (Å²) >= 11 is 0. The van der Waals surface area contributed by atoms with Crippen molar-refractivity contribution in [3.63, 3.8) is 0 Å². The third kappa shape index (κ3) is 5.67. The van der Waals surface area contributed by atoms with Gasteiger partial charge in [-0.1, -0.05) is 12.8 Å². The third-order valence-corrected chi connectivity index (χ3v) is 4.18. The molecule has 1 radical (unpaired) electrons. The summed E-state index contributed by atoms with van der Waals surface area (Å²) in [5.74, 6) is -6.20. The van der Waals surface area contributed by atoms with Gasteiger partial charge in [0.1, 0.15) is 0 Å². The Morgan fingerprint density at radius 3 is 2.14 bits per heavy atom. The molecule has 1 aromatic carbocycles. The van der Waals surface area contributed by atoms with Crippen LogP contribution in [0.3, 0.4) is 0 Å². The van der Waals surface area contributed by atoms with E-state index in [1.807, 2.05) is 0 Å². The number of halogens is 4. The monoisotopic (exact) mass is 339 g/mol. The normalized spacial score (nSPS) is 11.4. The molecule has 0 unspecified atom stereocenters. The van der Waals surface area contributed by atoms with Gasteiger partial charge in [-0.3, -0.25) is 0 Å². The number of aryl methyl sites for hydroxylation is 1. The van der Waals surface area contributed by atoms with E-state index < -0.39 is 32.8 Å². The van der Waals surface area contributed by atoms with Gasteiger partial charge in [-0.05, 0) is 30.9 Å². The third-order valence-electron chi connectivity index (χ3n) is 3.07. The Hall–Kier alpha value is -0.963. The van der Waals surface area contributed by atoms with Crippen LogP contribution in [0.15, 0.2) is 6.07 Å². The molecule has 0 saturated heterocycles. The number of unbranched alkanes of at least 4 members (excludes halogenated alkanes) is 3. The van der Waals surface area contributed by atoms with Gasteiger partial charge in [0.25, 0.3) is 0 Å². The molecule has 0 aliphatic rings. The van der Waals surface area contributed by atoms with E-state index in [2.05, 4.69) is 0 Å². The van der Waals surface area contributed by atoms with E-state index in [1.165, 1.54) is 14.2 Å². The molecule has 0 spiro atoms. The van der Waals surface area contributed by atoms with Crippen molar-refractivity contribution in [3.8, 4) is 0 Å². The van der Waals surface area contributed by atoms with Crippen LogP contribution in [0.2, 0.25) is 0 Å². The van der Waals surface area contributed by atoms with Crippen LogP contribution in [0, 0.1) is 23.3 Å². The molecule has 0 aliphatic carbocycles. The zero-order valence-electron chi connectivity index (χ0n) is 12.6. The second-order valence-corrected chi connectivity index (χ2v) is 6.24. The highest BCUT2D eigenvalue weighted by molar-refractivity contribution is 6.36. The highest BCUT2D eigenvalue weighted by Gasteiger charge is 2.18. The quantitative estimate of drug-likeness (QED) is 0.214. The van der Waals surface area contributed by atoms with Crippen molar-refractivity contribution in [2.75, 3.05) is 20.8 Å². The van der Waals surface area contributed by atoms with Crippen LogP contribution in [-0.4, -0.2) is 30.4 Å². The lowest BCUT2D eigenvalue weighted by Gasteiger charge is -2.09. The van der Waals surface area contributed by atoms with Crippen molar-refractivity contribution in [3.05, 3.63) is 34.9 Å². The molecule has 0 aromatic heterocycles. The van der Waals surface area contributed by atoms with E-state index in [-0.39, 0.29) is 12.0 Å². The number of rotatable bonds is 10. The van der Waals surface area contributed by atoms with Crippen molar-refractivity contribution in [2.45, 2.75) is 32.1 Å². The Bertz CT molecular complexity index is 470. The second-order valence-electron chi connectivity index (χ2n) is 4.63. The van der Waals surface area contributed by atoms with Gasteiger partial charge in [0.15, 0.2) is 23.3 Å². The lowest BCUT2D eigenvalue weighted by Crippen LogP contribution is -2.24. The maximum Gasteiger partial charge on any atom is 0.577 e. The fraction of sp³-hybridized carbons (Fsp3) is 0.571. The van der Waals surface area contributed by atoms with Gasteiger partial charge in [-0.25, -0.2) is 17.6 Å². The number of benzene rings is 1. The SMILES string of the molecule is CO[Si](OC)OCCCCCCc1cc(F)c(F)c(F)c1F. The predicted octanol–water partition coefficient (Wildman–Crippen LogP) is 3.64. The van der Waals surface area contributed by atoms with E-state index in [0.29, 0.717) is 19.1 Å². The summed E-state index contributed by atoms with van der Waals surface area (Å²) in [7, 11) is 1.37. The fourth-order valence-electron chi connectivity index (χ4n) is 1.93. The minimum absolute atomic E-state index is 0.142. The van der Waals surface area contributed by atoms with Crippen molar-refractivity contribution >= 4 is 9.53 Å². The van der Waals surface area contributed by atoms with Gasteiger partial charge >= 0.3 is 9.53 Å². The molecule has 1 aromatic rings. The Kier molecular flexibility index (Phi) is 8.62. The molecule has 8 heteroatoms. The van der Waals surface area contributed by atoms with E-state index in [9.17, 15) is 17.6 Å². The Morgan fingerprint density at radius 2 is 1.50 bits per heavy atom. The predicted molar refractivity (Wildman–Crippen MR) is 74.2 cm³/mol. The molecule has 1 rings (SSSR count). The zero-order valence-corrected chi connectivity index (χ0v) is 13.6. The minimum atomic E-state index is -1.77. The molecule has 125 valence electrons. The molecular weight excluding hydrogens is 320 g/mol. The summed E-state index contributed by atoms with van der Waals surface area (Å²) in [4.78, 5) is 0. The molecule has 0 atom stereocenters. The minimum Gasteiger partial charge on any atom is -0.375 e. The molecule has 22 heavy (non-hydrogen) atoms. The van der Waals surface area contributed by atoms with Crippen LogP contribution < -0.4 is 0 Å². The van der Waals surface area contributed by atoms with Crippen LogP contribution in [0.1, 0.15) is 31.2 Å². The molecular formula is C14H19F4O3Si. The standard InChI is InChI=1S/C14H19F4O3Si/c1-19-22(20-2)21-8-6-4-3-5-7-10-9-11(15)13(17)14(18)12(10)16/h9H,3-8H2,1-2H3. The first kappa shape index (κ1) is 19.1. The smallest absolute Gasteiger partial charge is 0.375 e. The van der Waals surface area contributed by atoms with Gasteiger partial charge in [-0.2, -0.15) is 0 Å². The molecule has 0 saturated carbocycles. The van der Waals surface area contributed by atoms with E-state index >= 15 is 0 Å². The zero-order chi connectivity index (χ0) is 16.5. The summed E-state index contributed by atoms with van der Waals surface area (Å²) in [6.07, 6.45) is 3.04. The molecule has 0 aliphatic heterocycles. The first-order chi connectivity index (χ1) is 10.5. The molecule has 0 bridgehead atoms. The maximum absolute atomic E-state index is 13.4. The van der Waals surface area contributed by atoms with Gasteiger partial charge < -0.3 is 13.3 Å². The van der Waals surface area contributed by atoms with Crippen molar-refractivity contribution in [2.24, 2.45) is 0 Å². The summed E-state index contributed by atoms with van der Waals surface area (Å²) < 4.78 is 67.5. The van der Waals surface area contributed by atoms with Crippen LogP contribution >= 0.6 is 0 Å². The first-order valence-electron chi connectivity index (χ1n) is 6.90. The van der Waals surface area contributed by atoms with Gasteiger partial charge in [-0.15, -0.1) is 0 Å². The molecule has 0 amide bonds. The lowest BCUT2D eigenvalue weighted by molar-refractivity contribution is 0.133. The van der Waals surface area contributed by atoms with E-state index in [4.69, 9.17) is 13.3 Å². The van der Waals surface area contributed by atoms with Crippen molar-refractivity contribution in [1.29, 1.82) is 0 Å². The van der Waals surface area contributed by atoms with Gasteiger partial charge in [0.2, 0.25) is 0 Å². The summed E-state index contributed by atoms with van der Waals surface area (Å²) in [6.45, 7) is 0.490. The first-order valence-corrected chi connectivity index (χ1v) is 8.13. The number of hydrogen-bond donors (Lipinski definition) is 0. The summed E-state index contributed by atoms with van der Waals surface area (Å²) in [5, 5.41) is 0. The van der Waals surface area contributed by atoms with Crippen LogP contribution in [0.5, 0.6) is 0 Å². The topological polar surface area (TPSA) is 27.7 Å². The second kappa shape index (κ2) is 9.93. The van der Waals surface area contributed by atoms with Crippen LogP contribution in [0.25, 0.3) is 0 Å². The van der Waals surface area contributed by atoms with Crippen molar-refractivity contribution < 1.29 is 30.8 Å². The fourth-order valence-corrected chi connectivity index (χ4v) is 2.64. The summed E-state index contributed by atoms with van der Waals surface area (Å²) in [6, 6.07) is 0.711. The van der Waals surface area contributed by atoms with Crippen molar-refractivity contribution in [1.82, 2.24) is 0 Å². The van der Waals surface area contributed by atoms with Gasteiger partial charge in [0.05, 0.1) is 0 Å². The Morgan fingerprint density at radius 1 is 0.864 bits per heavy atom. The van der Waals surface area contributed by atoms with Crippen LogP contribution in [-0.2, 0) is 19.7 Å². The average Bonchev–Trinajstić information content (AvgIpc) is 2.52. The molecule has 3 nitrogen and oxygen atoms in total. The van der Waals surface area contributed by atoms with Crippen LogP contribution in [0.4, 0.5) is 17.6 Å². The Balaban J connectivity index is 2.26. The average molecular weight is 339 g/mol. The summed E-state index contributed by atoms with van der Waals surface area (Å²) in [5.41, 5.74) is -0.142. The molecule has 0 heterocycles. The molecule has 0 N–H and O–H groups in total. The van der Waals surface area contributed by atoms with Gasteiger partial charge in [0, 0.05) is 20.8 Å². The molecule has 0 fully saturated rings. The lowest BCUT2D eigenvalue weighted by atomic mass is 10.0. The maximum atomic E-state index is 13.4.